The van der Waals surface area contributed by atoms with Gasteiger partial charge in [-0.05, 0) is 30.4 Å². The minimum Gasteiger partial charge on any atom is -0.396 e. The molecular weight excluding hydrogens is 258 g/mol. The summed E-state index contributed by atoms with van der Waals surface area (Å²) in [6.07, 6.45) is 0.909. The van der Waals surface area contributed by atoms with Crippen LogP contribution < -0.4 is 0 Å². The van der Waals surface area contributed by atoms with Crippen molar-refractivity contribution in [3.05, 3.63) is 34.7 Å². The number of carbonyl (C=O) groups excluding carboxylic acids is 1. The second-order valence-electron chi connectivity index (χ2n) is 5.14. The summed E-state index contributed by atoms with van der Waals surface area (Å²) in [6.45, 7) is 3.64. The minimum absolute atomic E-state index is 0.120. The molecule has 1 saturated heterocycles. The molecule has 1 N–H and O–H groups in total. The predicted molar refractivity (Wildman–Crippen MR) is 77.7 cm³/mol. The van der Waals surface area contributed by atoms with Gasteiger partial charge in [0.15, 0.2) is 0 Å². The molecule has 1 unspecified atom stereocenters. The topological polar surface area (TPSA) is 40.5 Å². The summed E-state index contributed by atoms with van der Waals surface area (Å²) in [5.74, 6) is 0.369. The molecule has 1 aromatic heterocycles. The van der Waals surface area contributed by atoms with Crippen molar-refractivity contribution in [1.29, 1.82) is 0 Å². The van der Waals surface area contributed by atoms with Crippen LogP contribution in [0.4, 0.5) is 0 Å². The molecule has 4 heteroatoms. The van der Waals surface area contributed by atoms with Gasteiger partial charge in [0.2, 0.25) is 0 Å². The van der Waals surface area contributed by atoms with E-state index in [-0.39, 0.29) is 18.4 Å². The van der Waals surface area contributed by atoms with E-state index in [0.29, 0.717) is 6.54 Å². The fraction of sp³-hybridized carbons (Fsp3) is 0.400. The quantitative estimate of drug-likeness (QED) is 0.915. The molecule has 3 nitrogen and oxygen atoms in total. The molecule has 0 bridgehead atoms. The zero-order chi connectivity index (χ0) is 13.4. The number of nitrogens with zero attached hydrogens (tertiary/aromatic N) is 1. The van der Waals surface area contributed by atoms with Crippen LogP contribution in [0.1, 0.15) is 21.7 Å². The van der Waals surface area contributed by atoms with Crippen LogP contribution >= 0.6 is 11.3 Å². The summed E-state index contributed by atoms with van der Waals surface area (Å²) >= 11 is 1.57. The zero-order valence-corrected chi connectivity index (χ0v) is 11.7. The maximum Gasteiger partial charge on any atom is 0.264 e. The van der Waals surface area contributed by atoms with Crippen LogP contribution in [-0.2, 0) is 0 Å². The molecule has 1 atom stereocenters. The van der Waals surface area contributed by atoms with Crippen molar-refractivity contribution in [2.45, 2.75) is 13.3 Å². The van der Waals surface area contributed by atoms with E-state index in [2.05, 4.69) is 12.1 Å². The average molecular weight is 275 g/mol. The van der Waals surface area contributed by atoms with Gasteiger partial charge in [-0.25, -0.2) is 0 Å². The highest BCUT2D eigenvalue weighted by atomic mass is 32.1. The Hall–Kier alpha value is -1.39. The summed E-state index contributed by atoms with van der Waals surface area (Å²) in [6, 6.07) is 8.14. The number of aryl methyl sites for hydroxylation is 1. The molecule has 100 valence electrons. The van der Waals surface area contributed by atoms with Gasteiger partial charge in [0.05, 0.1) is 4.88 Å². The van der Waals surface area contributed by atoms with Gasteiger partial charge < -0.3 is 10.0 Å². The van der Waals surface area contributed by atoms with Gasteiger partial charge >= 0.3 is 0 Å². The standard InChI is InChI=1S/C15H17NO2S/c1-10-12-4-2-3-5-13(12)19-14(10)15(18)16-7-6-11(8-16)9-17/h2-5,11,17H,6-9H2,1H3. The number of aliphatic hydroxyl groups is 1. The highest BCUT2D eigenvalue weighted by Crippen LogP contribution is 2.32. The number of thiophene rings is 1. The number of hydrogen-bond donors (Lipinski definition) is 1. The number of likely N-dealkylation sites (tertiary alicyclic amines) is 1. The number of rotatable bonds is 2. The van der Waals surface area contributed by atoms with Crippen LogP contribution in [0.5, 0.6) is 0 Å². The number of benzene rings is 1. The lowest BCUT2D eigenvalue weighted by atomic mass is 10.1. The van der Waals surface area contributed by atoms with Crippen molar-refractivity contribution in [1.82, 2.24) is 4.90 Å². The van der Waals surface area contributed by atoms with Gasteiger partial charge in [-0.15, -0.1) is 11.3 Å². The average Bonchev–Trinajstić information content (AvgIpc) is 3.04. The van der Waals surface area contributed by atoms with Crippen LogP contribution in [0.15, 0.2) is 24.3 Å². The molecule has 1 aliphatic heterocycles. The molecule has 2 aromatic rings. The highest BCUT2D eigenvalue weighted by Gasteiger charge is 2.28. The second-order valence-corrected chi connectivity index (χ2v) is 6.19. The Morgan fingerprint density at radius 2 is 2.26 bits per heavy atom. The Bertz CT molecular complexity index is 620. The predicted octanol–water partition coefficient (Wildman–Crippen LogP) is 2.66. The van der Waals surface area contributed by atoms with E-state index >= 15 is 0 Å². The maximum atomic E-state index is 12.6. The zero-order valence-electron chi connectivity index (χ0n) is 10.9. The van der Waals surface area contributed by atoms with Crippen LogP contribution in [0.25, 0.3) is 10.1 Å². The number of aliphatic hydroxyl groups excluding tert-OH is 1. The van der Waals surface area contributed by atoms with Crippen molar-refractivity contribution >= 4 is 27.3 Å². The van der Waals surface area contributed by atoms with E-state index < -0.39 is 0 Å². The third-order valence-corrected chi connectivity index (χ3v) is 5.13. The molecule has 1 fully saturated rings. The van der Waals surface area contributed by atoms with E-state index in [1.54, 1.807) is 11.3 Å². The first kappa shape index (κ1) is 12.6. The molecule has 0 saturated carbocycles. The van der Waals surface area contributed by atoms with Crippen LogP contribution in [-0.4, -0.2) is 35.6 Å². The largest absolute Gasteiger partial charge is 0.396 e. The van der Waals surface area contributed by atoms with Crippen LogP contribution in [0.3, 0.4) is 0 Å². The smallest absolute Gasteiger partial charge is 0.264 e. The van der Waals surface area contributed by atoms with Gasteiger partial charge in [0, 0.05) is 30.3 Å². The van der Waals surface area contributed by atoms with Crippen LogP contribution in [0.2, 0.25) is 0 Å². The molecule has 1 amide bonds. The first-order chi connectivity index (χ1) is 9.20. The summed E-state index contributed by atoms with van der Waals surface area (Å²) in [4.78, 5) is 15.3. The maximum absolute atomic E-state index is 12.6. The Morgan fingerprint density at radius 1 is 1.47 bits per heavy atom. The Morgan fingerprint density at radius 3 is 2.95 bits per heavy atom. The number of hydrogen-bond acceptors (Lipinski definition) is 3. The Balaban J connectivity index is 1.92. The van der Waals surface area contributed by atoms with Gasteiger partial charge in [-0.3, -0.25) is 4.79 Å². The molecule has 0 radical (unpaired) electrons. The lowest BCUT2D eigenvalue weighted by Crippen LogP contribution is -2.28. The highest BCUT2D eigenvalue weighted by molar-refractivity contribution is 7.21. The fourth-order valence-corrected chi connectivity index (χ4v) is 3.87. The fourth-order valence-electron chi connectivity index (χ4n) is 2.69. The summed E-state index contributed by atoms with van der Waals surface area (Å²) in [7, 11) is 0. The third kappa shape index (κ3) is 2.15. The van der Waals surface area contributed by atoms with E-state index in [1.165, 1.54) is 10.1 Å². The molecule has 2 heterocycles. The Labute approximate surface area is 116 Å². The molecule has 1 aliphatic rings. The summed E-state index contributed by atoms with van der Waals surface area (Å²) in [5, 5.41) is 10.3. The number of amides is 1. The first-order valence-corrected chi connectivity index (χ1v) is 7.40. The summed E-state index contributed by atoms with van der Waals surface area (Å²) < 4.78 is 1.17. The molecular formula is C15H17NO2S. The van der Waals surface area contributed by atoms with Gasteiger partial charge in [0.1, 0.15) is 0 Å². The molecule has 19 heavy (non-hydrogen) atoms. The SMILES string of the molecule is Cc1c(C(=O)N2CCC(CO)C2)sc2ccccc12. The second kappa shape index (κ2) is 4.94. The molecule has 3 rings (SSSR count). The molecule has 0 spiro atoms. The minimum atomic E-state index is 0.120. The van der Waals surface area contributed by atoms with Crippen molar-refractivity contribution in [3.63, 3.8) is 0 Å². The van der Waals surface area contributed by atoms with Gasteiger partial charge in [0.25, 0.3) is 5.91 Å². The van der Waals surface area contributed by atoms with Crippen molar-refractivity contribution in [3.8, 4) is 0 Å². The normalized spacial score (nSPS) is 19.3. The molecule has 1 aromatic carbocycles. The first-order valence-electron chi connectivity index (χ1n) is 6.59. The summed E-state index contributed by atoms with van der Waals surface area (Å²) in [5.41, 5.74) is 1.08. The van der Waals surface area contributed by atoms with Crippen molar-refractivity contribution in [2.24, 2.45) is 5.92 Å². The van der Waals surface area contributed by atoms with Gasteiger partial charge in [-0.2, -0.15) is 0 Å². The molecule has 0 aliphatic carbocycles. The van der Waals surface area contributed by atoms with E-state index in [4.69, 9.17) is 5.11 Å². The van der Waals surface area contributed by atoms with Gasteiger partial charge in [-0.1, -0.05) is 18.2 Å². The number of carbonyl (C=O) groups is 1. The Kier molecular flexibility index (Phi) is 3.29. The monoisotopic (exact) mass is 275 g/mol. The van der Waals surface area contributed by atoms with Crippen molar-refractivity contribution < 1.29 is 9.90 Å². The van der Waals surface area contributed by atoms with Crippen molar-refractivity contribution in [2.75, 3.05) is 19.7 Å². The third-order valence-electron chi connectivity index (χ3n) is 3.87. The number of fused-ring (bicyclic) bond motifs is 1. The lowest BCUT2D eigenvalue weighted by Gasteiger charge is -2.15. The van der Waals surface area contributed by atoms with E-state index in [9.17, 15) is 4.79 Å². The van der Waals surface area contributed by atoms with Crippen LogP contribution in [0, 0.1) is 12.8 Å². The van der Waals surface area contributed by atoms with E-state index in [1.807, 2.05) is 24.0 Å². The lowest BCUT2D eigenvalue weighted by molar-refractivity contribution is 0.0786. The van der Waals surface area contributed by atoms with E-state index in [0.717, 1.165) is 23.4 Å².